The summed E-state index contributed by atoms with van der Waals surface area (Å²) < 4.78 is 2.06. The monoisotopic (exact) mass is 325 g/mol. The maximum absolute atomic E-state index is 6.12. The molecule has 0 aliphatic rings. The number of nitrogens with zero attached hydrogens (tertiary/aromatic N) is 2. The summed E-state index contributed by atoms with van der Waals surface area (Å²) in [7, 11) is 2.02. The van der Waals surface area contributed by atoms with Crippen LogP contribution >= 0.6 is 23.2 Å². The summed E-state index contributed by atoms with van der Waals surface area (Å²) in [6.07, 6.45) is 6.77. The molecule has 0 fully saturated rings. The molecule has 0 aliphatic heterocycles. The first-order chi connectivity index (χ1) is 10.1. The van der Waals surface area contributed by atoms with E-state index in [1.165, 1.54) is 0 Å². The molecule has 0 amide bonds. The Morgan fingerprint density at radius 1 is 1.24 bits per heavy atom. The third kappa shape index (κ3) is 4.73. The number of halogens is 2. The van der Waals surface area contributed by atoms with Gasteiger partial charge < -0.3 is 9.88 Å². The highest BCUT2D eigenvalue weighted by atomic mass is 35.5. The van der Waals surface area contributed by atoms with Crippen molar-refractivity contribution in [3.8, 4) is 0 Å². The van der Waals surface area contributed by atoms with Crippen LogP contribution in [0.15, 0.2) is 30.6 Å². The molecule has 2 aromatic rings. The molecule has 5 heteroatoms. The largest absolute Gasteiger partial charge is 0.338 e. The average molecular weight is 326 g/mol. The number of benzene rings is 1. The fourth-order valence-electron chi connectivity index (χ4n) is 2.39. The molecule has 21 heavy (non-hydrogen) atoms. The van der Waals surface area contributed by atoms with Crippen LogP contribution in [0.2, 0.25) is 10.0 Å². The average Bonchev–Trinajstić information content (AvgIpc) is 2.83. The van der Waals surface area contributed by atoms with Gasteiger partial charge in [-0.2, -0.15) is 0 Å². The van der Waals surface area contributed by atoms with Gasteiger partial charge in [0, 0.05) is 41.9 Å². The van der Waals surface area contributed by atoms with E-state index in [9.17, 15) is 0 Å². The minimum Gasteiger partial charge on any atom is -0.338 e. The lowest BCUT2D eigenvalue weighted by Crippen LogP contribution is -2.23. The molecule has 1 aromatic carbocycles. The second-order valence-corrected chi connectivity index (χ2v) is 6.08. The highest BCUT2D eigenvalue weighted by Gasteiger charge is 2.13. The molecule has 1 unspecified atom stereocenters. The van der Waals surface area contributed by atoms with Gasteiger partial charge >= 0.3 is 0 Å². The summed E-state index contributed by atoms with van der Waals surface area (Å²) in [6.45, 7) is 3.13. The van der Waals surface area contributed by atoms with Gasteiger partial charge in [-0.25, -0.2) is 4.98 Å². The second kappa shape index (κ2) is 7.83. The third-order valence-electron chi connectivity index (χ3n) is 3.51. The van der Waals surface area contributed by atoms with E-state index in [4.69, 9.17) is 23.2 Å². The summed E-state index contributed by atoms with van der Waals surface area (Å²) in [5, 5.41) is 4.92. The van der Waals surface area contributed by atoms with Crippen LogP contribution in [0.25, 0.3) is 0 Å². The summed E-state index contributed by atoms with van der Waals surface area (Å²) in [5.74, 6) is 1.09. The first kappa shape index (κ1) is 16.3. The number of rotatable bonds is 7. The van der Waals surface area contributed by atoms with Crippen molar-refractivity contribution in [1.29, 1.82) is 0 Å². The van der Waals surface area contributed by atoms with Gasteiger partial charge in [-0.05, 0) is 43.1 Å². The number of nitrogens with one attached hydrogen (secondary N) is 1. The van der Waals surface area contributed by atoms with E-state index >= 15 is 0 Å². The molecule has 2 rings (SSSR count). The SMILES string of the molecule is CCCNC(CCc1nccn1C)c1cc(Cl)cc(Cl)c1. The minimum atomic E-state index is 0.234. The first-order valence-electron chi connectivity index (χ1n) is 7.25. The summed E-state index contributed by atoms with van der Waals surface area (Å²) >= 11 is 12.2. The first-order valence-corrected chi connectivity index (χ1v) is 8.01. The third-order valence-corrected chi connectivity index (χ3v) is 3.94. The van der Waals surface area contributed by atoms with E-state index in [2.05, 4.69) is 21.8 Å². The highest BCUT2D eigenvalue weighted by molar-refractivity contribution is 6.34. The molecule has 1 heterocycles. The van der Waals surface area contributed by atoms with Crippen LogP contribution in [-0.2, 0) is 13.5 Å². The maximum Gasteiger partial charge on any atom is 0.108 e. The van der Waals surface area contributed by atoms with Crippen molar-refractivity contribution in [1.82, 2.24) is 14.9 Å². The van der Waals surface area contributed by atoms with Crippen LogP contribution < -0.4 is 5.32 Å². The number of hydrogen-bond acceptors (Lipinski definition) is 2. The normalized spacial score (nSPS) is 12.6. The number of hydrogen-bond donors (Lipinski definition) is 1. The molecule has 114 valence electrons. The Balaban J connectivity index is 2.11. The van der Waals surface area contributed by atoms with E-state index in [1.807, 2.05) is 31.6 Å². The summed E-state index contributed by atoms with van der Waals surface area (Å²) in [5.41, 5.74) is 1.13. The molecule has 1 aromatic heterocycles. The van der Waals surface area contributed by atoms with Crippen LogP contribution in [0.5, 0.6) is 0 Å². The Bertz CT molecular complexity index is 560. The van der Waals surface area contributed by atoms with Crippen molar-refractivity contribution < 1.29 is 0 Å². The van der Waals surface area contributed by atoms with E-state index < -0.39 is 0 Å². The van der Waals surface area contributed by atoms with Gasteiger partial charge in [0.1, 0.15) is 5.82 Å². The Hall–Kier alpha value is -1.03. The topological polar surface area (TPSA) is 29.9 Å². The lowest BCUT2D eigenvalue weighted by Gasteiger charge is -2.19. The molecule has 0 saturated carbocycles. The molecule has 0 radical (unpaired) electrons. The molecule has 1 N–H and O–H groups in total. The van der Waals surface area contributed by atoms with E-state index in [0.29, 0.717) is 10.0 Å². The van der Waals surface area contributed by atoms with Gasteiger partial charge in [-0.15, -0.1) is 0 Å². The minimum absolute atomic E-state index is 0.234. The smallest absolute Gasteiger partial charge is 0.108 e. The standard InChI is InChI=1S/C16H21Cl2N3/c1-3-6-19-15(4-5-16-20-7-8-21(16)2)12-9-13(17)11-14(18)10-12/h7-11,15,19H,3-6H2,1-2H3. The van der Waals surface area contributed by atoms with Crippen LogP contribution in [-0.4, -0.2) is 16.1 Å². The van der Waals surface area contributed by atoms with Crippen molar-refractivity contribution in [2.24, 2.45) is 7.05 Å². The maximum atomic E-state index is 6.12. The number of aromatic nitrogens is 2. The molecular formula is C16H21Cl2N3. The zero-order chi connectivity index (χ0) is 15.2. The molecule has 0 bridgehead atoms. The van der Waals surface area contributed by atoms with Crippen LogP contribution in [0.1, 0.15) is 37.2 Å². The fourth-order valence-corrected chi connectivity index (χ4v) is 2.94. The van der Waals surface area contributed by atoms with Gasteiger partial charge in [0.05, 0.1) is 0 Å². The molecular weight excluding hydrogens is 305 g/mol. The van der Waals surface area contributed by atoms with Crippen molar-refractivity contribution in [2.45, 2.75) is 32.2 Å². The molecule has 1 atom stereocenters. The molecule has 0 saturated heterocycles. The summed E-state index contributed by atoms with van der Waals surface area (Å²) in [6, 6.07) is 5.97. The van der Waals surface area contributed by atoms with Crippen LogP contribution in [0.3, 0.4) is 0 Å². The quantitative estimate of drug-likeness (QED) is 0.817. The van der Waals surface area contributed by atoms with Crippen molar-refractivity contribution in [3.63, 3.8) is 0 Å². The Morgan fingerprint density at radius 2 is 1.95 bits per heavy atom. The fraction of sp³-hybridized carbons (Fsp3) is 0.438. The summed E-state index contributed by atoms with van der Waals surface area (Å²) in [4.78, 5) is 4.38. The predicted octanol–water partition coefficient (Wildman–Crippen LogP) is 4.40. The van der Waals surface area contributed by atoms with E-state index in [0.717, 1.165) is 37.2 Å². The van der Waals surface area contributed by atoms with Crippen LogP contribution in [0.4, 0.5) is 0 Å². The van der Waals surface area contributed by atoms with Gasteiger partial charge in [-0.1, -0.05) is 30.1 Å². The Morgan fingerprint density at radius 3 is 2.52 bits per heavy atom. The van der Waals surface area contributed by atoms with Crippen molar-refractivity contribution in [2.75, 3.05) is 6.54 Å². The zero-order valence-electron chi connectivity index (χ0n) is 12.4. The van der Waals surface area contributed by atoms with E-state index in [1.54, 1.807) is 6.07 Å². The Labute approximate surface area is 136 Å². The highest BCUT2D eigenvalue weighted by Crippen LogP contribution is 2.26. The lowest BCUT2D eigenvalue weighted by molar-refractivity contribution is 0.491. The van der Waals surface area contributed by atoms with Crippen LogP contribution in [0, 0.1) is 0 Å². The second-order valence-electron chi connectivity index (χ2n) is 5.20. The van der Waals surface area contributed by atoms with Crippen molar-refractivity contribution in [3.05, 3.63) is 52.0 Å². The number of aryl methyl sites for hydroxylation is 2. The van der Waals surface area contributed by atoms with Gasteiger partial charge in [0.25, 0.3) is 0 Å². The van der Waals surface area contributed by atoms with Gasteiger partial charge in [-0.3, -0.25) is 0 Å². The molecule has 0 aliphatic carbocycles. The zero-order valence-corrected chi connectivity index (χ0v) is 14.0. The van der Waals surface area contributed by atoms with E-state index in [-0.39, 0.29) is 6.04 Å². The predicted molar refractivity (Wildman–Crippen MR) is 89.0 cm³/mol. The molecule has 0 spiro atoms. The molecule has 3 nitrogen and oxygen atoms in total. The number of imidazole rings is 1. The lowest BCUT2D eigenvalue weighted by atomic mass is 10.0. The van der Waals surface area contributed by atoms with Gasteiger partial charge in [0.15, 0.2) is 0 Å². The van der Waals surface area contributed by atoms with Crippen molar-refractivity contribution >= 4 is 23.2 Å². The van der Waals surface area contributed by atoms with Gasteiger partial charge in [0.2, 0.25) is 0 Å². The Kier molecular flexibility index (Phi) is 6.09.